The number of rotatable bonds is 7. The van der Waals surface area contributed by atoms with Gasteiger partial charge in [-0.3, -0.25) is 14.9 Å². The van der Waals surface area contributed by atoms with Crippen molar-refractivity contribution in [3.8, 4) is 0 Å². The maximum Gasteiger partial charge on any atom is 0.320 e. The van der Waals surface area contributed by atoms with Gasteiger partial charge in [0.05, 0.1) is 12.2 Å². The fraction of sp³-hybridized carbons (Fsp3) is 0.429. The number of carboxylic acid groups (broad SMARTS) is 1. The number of hydrogen-bond acceptors (Lipinski definition) is 3. The molecule has 0 aromatic heterocycles. The fourth-order valence-electron chi connectivity index (χ4n) is 1.72. The van der Waals surface area contributed by atoms with E-state index in [1.165, 1.54) is 0 Å². The van der Waals surface area contributed by atoms with Crippen LogP contribution in [-0.4, -0.2) is 29.6 Å². The molecule has 110 valence electrons. The van der Waals surface area contributed by atoms with Crippen LogP contribution in [0.25, 0.3) is 0 Å². The highest BCUT2D eigenvalue weighted by Gasteiger charge is 2.19. The molecule has 1 rings (SSSR count). The summed E-state index contributed by atoms with van der Waals surface area (Å²) in [5, 5.41) is 14.6. The van der Waals surface area contributed by atoms with E-state index < -0.39 is 12.0 Å². The van der Waals surface area contributed by atoms with Crippen LogP contribution < -0.4 is 10.6 Å². The quantitative estimate of drug-likeness (QED) is 0.625. The molecule has 6 heteroatoms. The Balaban J connectivity index is 2.50. The van der Waals surface area contributed by atoms with E-state index in [9.17, 15) is 9.59 Å². The molecule has 0 aliphatic rings. The predicted octanol–water partition coefficient (Wildman–Crippen LogP) is 2.32. The lowest BCUT2D eigenvalue weighted by Gasteiger charge is -2.16. The van der Waals surface area contributed by atoms with E-state index in [-0.39, 0.29) is 18.4 Å². The lowest BCUT2D eigenvalue weighted by atomic mass is 10.0. The summed E-state index contributed by atoms with van der Waals surface area (Å²) < 4.78 is 0.940. The topological polar surface area (TPSA) is 78.4 Å². The van der Waals surface area contributed by atoms with Crippen molar-refractivity contribution >= 4 is 40.2 Å². The fourth-order valence-corrected chi connectivity index (χ4v) is 2.24. The van der Waals surface area contributed by atoms with Gasteiger partial charge >= 0.3 is 5.97 Å². The third-order valence-electron chi connectivity index (χ3n) is 2.66. The Bertz CT molecular complexity index is 477. The van der Waals surface area contributed by atoms with E-state index in [1.807, 2.05) is 38.1 Å². The SMILES string of the molecule is CC(C)CC(NCC(=O)Nc1ccccc1I)C(=O)O. The maximum absolute atomic E-state index is 11.8. The first-order chi connectivity index (χ1) is 9.40. The first kappa shape index (κ1) is 16.9. The van der Waals surface area contributed by atoms with Crippen molar-refractivity contribution < 1.29 is 14.7 Å². The van der Waals surface area contributed by atoms with E-state index in [0.29, 0.717) is 6.42 Å². The lowest BCUT2D eigenvalue weighted by Crippen LogP contribution is -2.42. The van der Waals surface area contributed by atoms with Crippen molar-refractivity contribution in [2.75, 3.05) is 11.9 Å². The number of carbonyl (C=O) groups excluding carboxylic acids is 1. The van der Waals surface area contributed by atoms with Crippen LogP contribution in [-0.2, 0) is 9.59 Å². The van der Waals surface area contributed by atoms with Crippen LogP contribution in [0.3, 0.4) is 0 Å². The number of para-hydroxylation sites is 1. The summed E-state index contributed by atoms with van der Waals surface area (Å²) in [6, 6.07) is 6.73. The number of aliphatic carboxylic acids is 1. The van der Waals surface area contributed by atoms with Gasteiger partial charge in [-0.2, -0.15) is 0 Å². The Morgan fingerprint density at radius 2 is 1.95 bits per heavy atom. The molecule has 0 fully saturated rings. The van der Waals surface area contributed by atoms with Crippen molar-refractivity contribution in [2.24, 2.45) is 5.92 Å². The molecule has 1 aromatic carbocycles. The summed E-state index contributed by atoms with van der Waals surface area (Å²) >= 11 is 2.13. The second-order valence-electron chi connectivity index (χ2n) is 4.93. The van der Waals surface area contributed by atoms with Gasteiger partial charge in [-0.25, -0.2) is 0 Å². The molecule has 0 saturated carbocycles. The molecule has 5 nitrogen and oxygen atoms in total. The summed E-state index contributed by atoms with van der Waals surface area (Å²) in [7, 11) is 0. The molecule has 0 aliphatic carbocycles. The van der Waals surface area contributed by atoms with Crippen LogP contribution in [0.5, 0.6) is 0 Å². The van der Waals surface area contributed by atoms with Crippen LogP contribution in [0.1, 0.15) is 20.3 Å². The molecule has 0 saturated heterocycles. The largest absolute Gasteiger partial charge is 0.480 e. The average molecular weight is 390 g/mol. The number of nitrogens with one attached hydrogen (secondary N) is 2. The molecule has 1 aromatic rings. The second kappa shape index (κ2) is 8.21. The van der Waals surface area contributed by atoms with E-state index in [2.05, 4.69) is 33.2 Å². The summed E-state index contributed by atoms with van der Waals surface area (Å²) in [6.45, 7) is 3.88. The molecule has 1 atom stereocenters. The lowest BCUT2D eigenvalue weighted by molar-refractivity contribution is -0.139. The number of hydrogen-bond donors (Lipinski definition) is 3. The van der Waals surface area contributed by atoms with Crippen molar-refractivity contribution in [1.29, 1.82) is 0 Å². The molecule has 0 spiro atoms. The molecule has 3 N–H and O–H groups in total. The highest BCUT2D eigenvalue weighted by Crippen LogP contribution is 2.16. The number of carboxylic acids is 1. The van der Waals surface area contributed by atoms with Gasteiger partial charge in [0.2, 0.25) is 5.91 Å². The van der Waals surface area contributed by atoms with Gasteiger partial charge in [0.15, 0.2) is 0 Å². The van der Waals surface area contributed by atoms with Gasteiger partial charge in [-0.15, -0.1) is 0 Å². The van der Waals surface area contributed by atoms with Gasteiger partial charge in [-0.1, -0.05) is 26.0 Å². The molecule has 0 aliphatic heterocycles. The number of carbonyl (C=O) groups is 2. The van der Waals surface area contributed by atoms with Crippen molar-refractivity contribution in [2.45, 2.75) is 26.3 Å². The normalized spacial score (nSPS) is 12.2. The summed E-state index contributed by atoms with van der Waals surface area (Å²) in [5.74, 6) is -0.924. The molecular formula is C14H19IN2O3. The van der Waals surface area contributed by atoms with Crippen LogP contribution in [0.2, 0.25) is 0 Å². The predicted molar refractivity (Wildman–Crippen MR) is 86.7 cm³/mol. The zero-order valence-corrected chi connectivity index (χ0v) is 13.7. The van der Waals surface area contributed by atoms with Crippen LogP contribution in [0.15, 0.2) is 24.3 Å². The van der Waals surface area contributed by atoms with Crippen molar-refractivity contribution in [3.63, 3.8) is 0 Å². The highest BCUT2D eigenvalue weighted by molar-refractivity contribution is 14.1. The first-order valence-corrected chi connectivity index (χ1v) is 7.48. The minimum Gasteiger partial charge on any atom is -0.480 e. The molecule has 1 unspecified atom stereocenters. The molecule has 0 heterocycles. The van der Waals surface area contributed by atoms with Crippen molar-refractivity contribution in [3.05, 3.63) is 27.8 Å². The summed E-state index contributed by atoms with van der Waals surface area (Å²) in [4.78, 5) is 22.9. The standard InChI is InChI=1S/C14H19IN2O3/c1-9(2)7-12(14(19)20)16-8-13(18)17-11-6-4-3-5-10(11)15/h3-6,9,12,16H,7-8H2,1-2H3,(H,17,18)(H,19,20). The number of halogens is 1. The molecule has 0 radical (unpaired) electrons. The Labute approximate surface area is 132 Å². The minimum absolute atomic E-state index is 0.0192. The molecule has 1 amide bonds. The number of benzene rings is 1. The summed E-state index contributed by atoms with van der Waals surface area (Å²) in [5.41, 5.74) is 0.732. The van der Waals surface area contributed by atoms with Crippen molar-refractivity contribution in [1.82, 2.24) is 5.32 Å². The second-order valence-corrected chi connectivity index (χ2v) is 6.09. The first-order valence-electron chi connectivity index (χ1n) is 6.40. The molecule has 20 heavy (non-hydrogen) atoms. The van der Waals surface area contributed by atoms with E-state index >= 15 is 0 Å². The summed E-state index contributed by atoms with van der Waals surface area (Å²) in [6.07, 6.45) is 0.492. The number of amides is 1. The van der Waals surface area contributed by atoms with Crippen LogP contribution in [0, 0.1) is 9.49 Å². The van der Waals surface area contributed by atoms with Gasteiger partial charge in [-0.05, 0) is 47.1 Å². The third-order valence-corrected chi connectivity index (χ3v) is 3.60. The number of anilines is 1. The van der Waals surface area contributed by atoms with Crippen LogP contribution >= 0.6 is 22.6 Å². The molecular weight excluding hydrogens is 371 g/mol. The zero-order chi connectivity index (χ0) is 15.1. The third kappa shape index (κ3) is 5.87. The smallest absolute Gasteiger partial charge is 0.320 e. The van der Waals surface area contributed by atoms with E-state index in [1.54, 1.807) is 0 Å². The van der Waals surface area contributed by atoms with E-state index in [0.717, 1.165) is 9.26 Å². The van der Waals surface area contributed by atoms with Gasteiger partial charge < -0.3 is 10.4 Å². The Hall–Kier alpha value is -1.15. The Morgan fingerprint density at radius 1 is 1.30 bits per heavy atom. The maximum atomic E-state index is 11.8. The van der Waals surface area contributed by atoms with Crippen LogP contribution in [0.4, 0.5) is 5.69 Å². The Morgan fingerprint density at radius 3 is 2.50 bits per heavy atom. The van der Waals surface area contributed by atoms with Gasteiger partial charge in [0.1, 0.15) is 6.04 Å². The highest BCUT2D eigenvalue weighted by atomic mass is 127. The minimum atomic E-state index is -0.930. The van der Waals surface area contributed by atoms with Gasteiger partial charge in [0, 0.05) is 3.57 Å². The van der Waals surface area contributed by atoms with E-state index in [4.69, 9.17) is 5.11 Å². The van der Waals surface area contributed by atoms with Gasteiger partial charge in [0.25, 0.3) is 0 Å². The Kier molecular flexibility index (Phi) is 6.94. The molecule has 0 bridgehead atoms. The monoisotopic (exact) mass is 390 g/mol. The zero-order valence-electron chi connectivity index (χ0n) is 11.5. The average Bonchev–Trinajstić information content (AvgIpc) is 2.36.